The van der Waals surface area contributed by atoms with Crippen LogP contribution in [-0.2, 0) is 17.8 Å². The molecule has 3 aromatic rings. The molecule has 1 aliphatic rings. The summed E-state index contributed by atoms with van der Waals surface area (Å²) in [6.45, 7) is 4.36. The van der Waals surface area contributed by atoms with Crippen LogP contribution in [0.5, 0.6) is 0 Å². The second kappa shape index (κ2) is 8.07. The number of fused-ring (bicyclic) bond motifs is 1. The Hall–Kier alpha value is -3.15. The first kappa shape index (κ1) is 19.2. The van der Waals surface area contributed by atoms with Gasteiger partial charge in [0.15, 0.2) is 0 Å². The fourth-order valence-corrected chi connectivity index (χ4v) is 3.94. The van der Waals surface area contributed by atoms with Crippen LogP contribution < -0.4 is 5.32 Å². The molecule has 2 amide bonds. The molecule has 0 unspecified atom stereocenters. The first-order valence-electron chi connectivity index (χ1n) is 10.0. The highest BCUT2D eigenvalue weighted by Gasteiger charge is 2.23. The molecule has 0 spiro atoms. The molecule has 0 saturated carbocycles. The first-order chi connectivity index (χ1) is 14.0. The average molecular weight is 393 g/mol. The van der Waals surface area contributed by atoms with Gasteiger partial charge in [-0.25, -0.2) is 4.39 Å². The molecule has 5 nitrogen and oxygen atoms in total. The Balaban J connectivity index is 1.54. The molecule has 2 heterocycles. The SMILES string of the molecule is CCn1c(C(=O)N2CCCC2)cc2cc(NC(=O)Cc3ccc(F)cc3)ccc21. The quantitative estimate of drug-likeness (QED) is 0.706. The van der Waals surface area contributed by atoms with Gasteiger partial charge in [0.25, 0.3) is 5.91 Å². The predicted octanol–water partition coefficient (Wildman–Crippen LogP) is 4.22. The summed E-state index contributed by atoms with van der Waals surface area (Å²) in [4.78, 5) is 27.1. The maximum absolute atomic E-state index is 13.0. The Morgan fingerprint density at radius 1 is 1.03 bits per heavy atom. The van der Waals surface area contributed by atoms with Crippen LogP contribution in [0.1, 0.15) is 35.8 Å². The monoisotopic (exact) mass is 393 g/mol. The van der Waals surface area contributed by atoms with Crippen molar-refractivity contribution in [3.8, 4) is 0 Å². The average Bonchev–Trinajstić information content (AvgIpc) is 3.36. The molecule has 6 heteroatoms. The van der Waals surface area contributed by atoms with E-state index in [-0.39, 0.29) is 24.1 Å². The van der Waals surface area contributed by atoms with Gasteiger partial charge in [-0.1, -0.05) is 12.1 Å². The van der Waals surface area contributed by atoms with Crippen molar-refractivity contribution in [1.29, 1.82) is 0 Å². The van der Waals surface area contributed by atoms with Gasteiger partial charge < -0.3 is 14.8 Å². The predicted molar refractivity (Wildman–Crippen MR) is 111 cm³/mol. The van der Waals surface area contributed by atoms with E-state index in [0.717, 1.165) is 42.4 Å². The number of halogens is 1. The summed E-state index contributed by atoms with van der Waals surface area (Å²) in [5.41, 5.74) is 3.10. The van der Waals surface area contributed by atoms with E-state index in [1.807, 2.05) is 40.7 Å². The number of carbonyl (C=O) groups excluding carboxylic acids is 2. The van der Waals surface area contributed by atoms with Crippen LogP contribution >= 0.6 is 0 Å². The highest BCUT2D eigenvalue weighted by molar-refractivity contribution is 6.01. The van der Waals surface area contributed by atoms with Gasteiger partial charge in [-0.3, -0.25) is 9.59 Å². The van der Waals surface area contributed by atoms with E-state index in [9.17, 15) is 14.0 Å². The van der Waals surface area contributed by atoms with Crippen LogP contribution in [0.4, 0.5) is 10.1 Å². The molecule has 150 valence electrons. The number of nitrogens with zero attached hydrogens (tertiary/aromatic N) is 2. The van der Waals surface area contributed by atoms with E-state index < -0.39 is 0 Å². The lowest BCUT2D eigenvalue weighted by molar-refractivity contribution is -0.115. The Morgan fingerprint density at radius 3 is 2.45 bits per heavy atom. The van der Waals surface area contributed by atoms with Crippen LogP contribution in [-0.4, -0.2) is 34.4 Å². The zero-order valence-electron chi connectivity index (χ0n) is 16.5. The molecule has 0 bridgehead atoms. The number of hydrogen-bond acceptors (Lipinski definition) is 2. The second-order valence-corrected chi connectivity index (χ2v) is 7.40. The molecule has 1 aromatic heterocycles. The van der Waals surface area contributed by atoms with Crippen LogP contribution in [0.2, 0.25) is 0 Å². The van der Waals surface area contributed by atoms with E-state index in [1.54, 1.807) is 12.1 Å². The van der Waals surface area contributed by atoms with Gasteiger partial charge in [-0.05, 0) is 61.7 Å². The van der Waals surface area contributed by atoms with Gasteiger partial charge >= 0.3 is 0 Å². The maximum atomic E-state index is 13.0. The van der Waals surface area contributed by atoms with Crippen LogP contribution in [0.25, 0.3) is 10.9 Å². The van der Waals surface area contributed by atoms with Crippen molar-refractivity contribution < 1.29 is 14.0 Å². The van der Waals surface area contributed by atoms with Crippen molar-refractivity contribution >= 4 is 28.4 Å². The largest absolute Gasteiger partial charge is 0.337 e. The minimum atomic E-state index is -0.320. The smallest absolute Gasteiger partial charge is 0.270 e. The lowest BCUT2D eigenvalue weighted by Crippen LogP contribution is -2.29. The number of aromatic nitrogens is 1. The molecule has 0 atom stereocenters. The molecule has 4 rings (SSSR count). The highest BCUT2D eigenvalue weighted by Crippen LogP contribution is 2.25. The van der Waals surface area contributed by atoms with Gasteiger partial charge in [0.05, 0.1) is 6.42 Å². The summed E-state index contributed by atoms with van der Waals surface area (Å²) >= 11 is 0. The number of anilines is 1. The first-order valence-corrected chi connectivity index (χ1v) is 10.0. The summed E-state index contributed by atoms with van der Waals surface area (Å²) in [5.74, 6) is -0.416. The van der Waals surface area contributed by atoms with Gasteiger partial charge in [0.2, 0.25) is 5.91 Å². The van der Waals surface area contributed by atoms with Gasteiger partial charge in [-0.2, -0.15) is 0 Å². The lowest BCUT2D eigenvalue weighted by Gasteiger charge is -2.16. The lowest BCUT2D eigenvalue weighted by atomic mass is 10.1. The van der Waals surface area contributed by atoms with Crippen LogP contribution in [0.15, 0.2) is 48.5 Å². The normalized spacial score (nSPS) is 13.8. The third-order valence-electron chi connectivity index (χ3n) is 5.39. The standard InChI is InChI=1S/C23H24FN3O2/c1-2-27-20-10-9-19(25-22(28)13-16-5-7-18(24)8-6-16)14-17(20)15-21(27)23(29)26-11-3-4-12-26/h5-10,14-15H,2-4,11-13H2,1H3,(H,25,28). The number of likely N-dealkylation sites (tertiary alicyclic amines) is 1. The minimum absolute atomic E-state index is 0.0717. The molecule has 1 fully saturated rings. The van der Waals surface area contributed by atoms with Crippen molar-refractivity contribution in [2.24, 2.45) is 0 Å². The van der Waals surface area contributed by atoms with Crippen molar-refractivity contribution in [3.63, 3.8) is 0 Å². The number of aryl methyl sites for hydroxylation is 1. The van der Waals surface area contributed by atoms with Crippen molar-refractivity contribution in [3.05, 3.63) is 65.6 Å². The Morgan fingerprint density at radius 2 is 1.76 bits per heavy atom. The number of nitrogens with one attached hydrogen (secondary N) is 1. The van der Waals surface area contributed by atoms with Gasteiger partial charge in [-0.15, -0.1) is 0 Å². The summed E-state index contributed by atoms with van der Waals surface area (Å²) in [7, 11) is 0. The molecule has 29 heavy (non-hydrogen) atoms. The molecular formula is C23H24FN3O2. The van der Waals surface area contributed by atoms with Gasteiger partial charge in [0, 0.05) is 36.2 Å². The fourth-order valence-electron chi connectivity index (χ4n) is 3.94. The fraction of sp³-hybridized carbons (Fsp3) is 0.304. The minimum Gasteiger partial charge on any atom is -0.337 e. The summed E-state index contributed by atoms with van der Waals surface area (Å²) in [6.07, 6.45) is 2.29. The molecule has 0 aliphatic carbocycles. The van der Waals surface area contributed by atoms with Gasteiger partial charge in [0.1, 0.15) is 11.5 Å². The topological polar surface area (TPSA) is 54.3 Å². The Bertz CT molecular complexity index is 1050. The Labute approximate surface area is 169 Å². The maximum Gasteiger partial charge on any atom is 0.270 e. The number of hydrogen-bond donors (Lipinski definition) is 1. The van der Waals surface area contributed by atoms with Crippen molar-refractivity contribution in [2.45, 2.75) is 32.7 Å². The number of carbonyl (C=O) groups is 2. The molecular weight excluding hydrogens is 369 g/mol. The third kappa shape index (κ3) is 4.01. The third-order valence-corrected chi connectivity index (χ3v) is 5.39. The van der Waals surface area contributed by atoms with E-state index in [2.05, 4.69) is 5.32 Å². The van der Waals surface area contributed by atoms with Crippen molar-refractivity contribution in [1.82, 2.24) is 9.47 Å². The molecule has 0 radical (unpaired) electrons. The molecule has 2 aromatic carbocycles. The zero-order chi connectivity index (χ0) is 20.4. The number of amides is 2. The molecule has 1 N–H and O–H groups in total. The van der Waals surface area contributed by atoms with E-state index in [0.29, 0.717) is 17.9 Å². The van der Waals surface area contributed by atoms with Crippen LogP contribution in [0, 0.1) is 5.82 Å². The van der Waals surface area contributed by atoms with Crippen molar-refractivity contribution in [2.75, 3.05) is 18.4 Å². The zero-order valence-corrected chi connectivity index (χ0v) is 16.5. The summed E-state index contributed by atoms with van der Waals surface area (Å²) < 4.78 is 15.0. The van der Waals surface area contributed by atoms with E-state index in [4.69, 9.17) is 0 Å². The highest BCUT2D eigenvalue weighted by atomic mass is 19.1. The number of rotatable bonds is 5. The number of benzene rings is 2. The second-order valence-electron chi connectivity index (χ2n) is 7.40. The Kier molecular flexibility index (Phi) is 5.34. The van der Waals surface area contributed by atoms with E-state index >= 15 is 0 Å². The summed E-state index contributed by atoms with van der Waals surface area (Å²) in [6, 6.07) is 13.5. The molecule has 1 aliphatic heterocycles. The molecule has 1 saturated heterocycles. The van der Waals surface area contributed by atoms with Crippen LogP contribution in [0.3, 0.4) is 0 Å². The van der Waals surface area contributed by atoms with E-state index in [1.165, 1.54) is 12.1 Å². The summed E-state index contributed by atoms with van der Waals surface area (Å²) in [5, 5.41) is 3.82.